The molecule has 3 aromatic heterocycles. The number of anilines is 1. The van der Waals surface area contributed by atoms with E-state index in [0.29, 0.717) is 17.1 Å². The summed E-state index contributed by atoms with van der Waals surface area (Å²) in [6, 6.07) is 5.66. The van der Waals surface area contributed by atoms with E-state index in [2.05, 4.69) is 15.3 Å². The molecule has 0 spiro atoms. The molecule has 106 valence electrons. The van der Waals surface area contributed by atoms with Gasteiger partial charge >= 0.3 is 0 Å². The number of pyridine rings is 2. The highest BCUT2D eigenvalue weighted by Gasteiger charge is 2.16. The number of nitrogen functional groups attached to an aromatic ring is 1. The van der Waals surface area contributed by atoms with Crippen molar-refractivity contribution in [2.45, 2.75) is 13.5 Å². The fourth-order valence-electron chi connectivity index (χ4n) is 2.09. The van der Waals surface area contributed by atoms with Gasteiger partial charge in [0.2, 0.25) is 0 Å². The lowest BCUT2D eigenvalue weighted by Crippen LogP contribution is -2.23. The van der Waals surface area contributed by atoms with Crippen LogP contribution in [-0.4, -0.2) is 15.9 Å². The van der Waals surface area contributed by atoms with Crippen molar-refractivity contribution >= 4 is 33.0 Å². The Bertz CT molecular complexity index is 812. The van der Waals surface area contributed by atoms with Gasteiger partial charge in [0.15, 0.2) is 0 Å². The molecule has 0 bridgehead atoms. The minimum Gasteiger partial charge on any atom is -0.397 e. The fourth-order valence-corrected chi connectivity index (χ4v) is 3.09. The second-order valence-corrected chi connectivity index (χ2v) is 5.72. The van der Waals surface area contributed by atoms with Gasteiger partial charge in [-0.05, 0) is 24.6 Å². The van der Waals surface area contributed by atoms with Crippen LogP contribution >= 0.6 is 11.3 Å². The van der Waals surface area contributed by atoms with Crippen LogP contribution in [0.1, 0.15) is 20.9 Å². The molecule has 0 aliphatic carbocycles. The number of hydrogen-bond acceptors (Lipinski definition) is 5. The van der Waals surface area contributed by atoms with Crippen molar-refractivity contribution in [1.82, 2.24) is 15.3 Å². The van der Waals surface area contributed by atoms with Crippen LogP contribution in [-0.2, 0) is 6.54 Å². The number of carbonyl (C=O) groups excluding carboxylic acids is 1. The van der Waals surface area contributed by atoms with Crippen molar-refractivity contribution in [1.29, 1.82) is 0 Å². The maximum absolute atomic E-state index is 12.3. The van der Waals surface area contributed by atoms with Crippen molar-refractivity contribution in [3.05, 3.63) is 52.9 Å². The first kappa shape index (κ1) is 13.5. The van der Waals surface area contributed by atoms with Gasteiger partial charge in [0.1, 0.15) is 4.88 Å². The van der Waals surface area contributed by atoms with Crippen LogP contribution in [0.15, 0.2) is 36.8 Å². The van der Waals surface area contributed by atoms with Crippen LogP contribution in [0.4, 0.5) is 5.69 Å². The number of thiophene rings is 1. The van der Waals surface area contributed by atoms with Crippen LogP contribution in [0.2, 0.25) is 0 Å². The van der Waals surface area contributed by atoms with Crippen LogP contribution in [0, 0.1) is 6.92 Å². The summed E-state index contributed by atoms with van der Waals surface area (Å²) >= 11 is 1.35. The maximum Gasteiger partial charge on any atom is 0.263 e. The molecule has 3 heterocycles. The van der Waals surface area contributed by atoms with Gasteiger partial charge in [0, 0.05) is 24.0 Å². The summed E-state index contributed by atoms with van der Waals surface area (Å²) in [4.78, 5) is 21.1. The molecule has 3 rings (SSSR count). The van der Waals surface area contributed by atoms with Gasteiger partial charge in [-0.3, -0.25) is 14.8 Å². The number of aryl methyl sites for hydroxylation is 1. The molecule has 6 heteroatoms. The lowest BCUT2D eigenvalue weighted by molar-refractivity contribution is 0.0955. The van der Waals surface area contributed by atoms with Gasteiger partial charge in [-0.1, -0.05) is 6.07 Å². The molecule has 5 nitrogen and oxygen atoms in total. The highest BCUT2D eigenvalue weighted by molar-refractivity contribution is 7.21. The van der Waals surface area contributed by atoms with Gasteiger partial charge in [-0.25, -0.2) is 0 Å². The van der Waals surface area contributed by atoms with E-state index in [1.54, 1.807) is 18.6 Å². The summed E-state index contributed by atoms with van der Waals surface area (Å²) in [5.74, 6) is -0.182. The van der Waals surface area contributed by atoms with Gasteiger partial charge in [0.05, 0.1) is 22.6 Å². The van der Waals surface area contributed by atoms with E-state index in [9.17, 15) is 4.79 Å². The highest BCUT2D eigenvalue weighted by Crippen LogP contribution is 2.32. The van der Waals surface area contributed by atoms with Gasteiger partial charge < -0.3 is 11.1 Å². The second kappa shape index (κ2) is 5.49. The first-order valence-corrected chi connectivity index (χ1v) is 7.29. The van der Waals surface area contributed by atoms with E-state index in [1.807, 2.05) is 25.1 Å². The van der Waals surface area contributed by atoms with Crippen LogP contribution in [0.3, 0.4) is 0 Å². The fraction of sp³-hybridized carbons (Fsp3) is 0.133. The monoisotopic (exact) mass is 298 g/mol. The molecule has 0 aromatic carbocycles. The lowest BCUT2D eigenvalue weighted by Gasteiger charge is -2.06. The lowest BCUT2D eigenvalue weighted by atomic mass is 10.2. The Morgan fingerprint density at radius 1 is 1.38 bits per heavy atom. The molecule has 0 saturated heterocycles. The first-order chi connectivity index (χ1) is 10.2. The Morgan fingerprint density at radius 3 is 3.00 bits per heavy atom. The largest absolute Gasteiger partial charge is 0.397 e. The summed E-state index contributed by atoms with van der Waals surface area (Å²) in [7, 11) is 0. The number of fused-ring (bicyclic) bond motifs is 1. The number of rotatable bonds is 3. The zero-order valence-electron chi connectivity index (χ0n) is 11.5. The molecule has 0 radical (unpaired) electrons. The standard InChI is InChI=1S/C15H14N4OS/c1-9-3-2-5-18-11(9)7-19-15(20)14-13(16)10-4-6-17-8-12(10)21-14/h2-6,8H,7,16H2,1H3,(H,19,20). The van der Waals surface area contributed by atoms with E-state index in [0.717, 1.165) is 21.3 Å². The highest BCUT2D eigenvalue weighted by atomic mass is 32.1. The molecule has 3 aromatic rings. The third-order valence-corrected chi connectivity index (χ3v) is 4.43. The van der Waals surface area contributed by atoms with Gasteiger partial charge in [0.25, 0.3) is 5.91 Å². The summed E-state index contributed by atoms with van der Waals surface area (Å²) < 4.78 is 0.911. The Balaban J connectivity index is 1.81. The Hall–Kier alpha value is -2.47. The van der Waals surface area contributed by atoms with Crippen molar-refractivity contribution in [2.24, 2.45) is 0 Å². The number of aromatic nitrogens is 2. The van der Waals surface area contributed by atoms with Crippen molar-refractivity contribution in [3.63, 3.8) is 0 Å². The number of carbonyl (C=O) groups is 1. The number of nitrogens with two attached hydrogens (primary N) is 1. The van der Waals surface area contributed by atoms with Crippen molar-refractivity contribution < 1.29 is 4.79 Å². The third kappa shape index (κ3) is 2.57. The second-order valence-electron chi connectivity index (χ2n) is 4.67. The van der Waals surface area contributed by atoms with Crippen molar-refractivity contribution in [3.8, 4) is 0 Å². The molecule has 3 N–H and O–H groups in total. The molecular weight excluding hydrogens is 284 g/mol. The van der Waals surface area contributed by atoms with Gasteiger partial charge in [-0.15, -0.1) is 11.3 Å². The van der Waals surface area contributed by atoms with Crippen molar-refractivity contribution in [2.75, 3.05) is 5.73 Å². The third-order valence-electron chi connectivity index (χ3n) is 3.27. The number of nitrogens with zero attached hydrogens (tertiary/aromatic N) is 2. The molecular formula is C15H14N4OS. The number of nitrogens with one attached hydrogen (secondary N) is 1. The normalized spacial score (nSPS) is 10.7. The molecule has 21 heavy (non-hydrogen) atoms. The van der Waals surface area contributed by atoms with E-state index in [-0.39, 0.29) is 5.91 Å². The summed E-state index contributed by atoms with van der Waals surface area (Å²) in [5, 5.41) is 3.74. The molecule has 1 amide bonds. The molecule has 0 saturated carbocycles. The van der Waals surface area contributed by atoms with E-state index in [1.165, 1.54) is 11.3 Å². The first-order valence-electron chi connectivity index (χ1n) is 6.47. The van der Waals surface area contributed by atoms with E-state index < -0.39 is 0 Å². The predicted molar refractivity (Wildman–Crippen MR) is 84.2 cm³/mol. The minimum atomic E-state index is -0.182. The van der Waals surface area contributed by atoms with Crippen LogP contribution < -0.4 is 11.1 Å². The Labute approximate surface area is 125 Å². The molecule has 0 atom stereocenters. The average molecular weight is 298 g/mol. The van der Waals surface area contributed by atoms with Crippen LogP contribution in [0.25, 0.3) is 10.1 Å². The Kier molecular flexibility index (Phi) is 3.53. The molecule has 0 fully saturated rings. The average Bonchev–Trinajstić information content (AvgIpc) is 2.84. The van der Waals surface area contributed by atoms with Gasteiger partial charge in [-0.2, -0.15) is 0 Å². The quantitative estimate of drug-likeness (QED) is 0.778. The summed E-state index contributed by atoms with van der Waals surface area (Å²) in [5.41, 5.74) is 8.45. The summed E-state index contributed by atoms with van der Waals surface area (Å²) in [6.07, 6.45) is 5.11. The summed E-state index contributed by atoms with van der Waals surface area (Å²) in [6.45, 7) is 2.35. The minimum absolute atomic E-state index is 0.182. The topological polar surface area (TPSA) is 80.9 Å². The SMILES string of the molecule is Cc1cccnc1CNC(=O)c1sc2cnccc2c1N. The zero-order chi connectivity index (χ0) is 14.8. The zero-order valence-corrected chi connectivity index (χ0v) is 12.3. The van der Waals surface area contributed by atoms with Crippen LogP contribution in [0.5, 0.6) is 0 Å². The van der Waals surface area contributed by atoms with E-state index in [4.69, 9.17) is 5.73 Å². The molecule has 0 aliphatic rings. The van der Waals surface area contributed by atoms with E-state index >= 15 is 0 Å². The molecule has 0 aliphatic heterocycles. The number of amides is 1. The molecule has 0 unspecified atom stereocenters. The maximum atomic E-state index is 12.3. The number of hydrogen-bond donors (Lipinski definition) is 2. The predicted octanol–water partition coefficient (Wildman–Crippen LogP) is 2.51. The Morgan fingerprint density at radius 2 is 2.24 bits per heavy atom. The smallest absolute Gasteiger partial charge is 0.263 e.